The maximum Gasteiger partial charge on any atom is 0.0541 e. The molecule has 9 rings (SSSR count). The van der Waals surface area contributed by atoms with Crippen molar-refractivity contribution in [1.82, 2.24) is 4.57 Å². The van der Waals surface area contributed by atoms with Crippen molar-refractivity contribution >= 4 is 49.6 Å². The molecule has 0 aliphatic rings. The van der Waals surface area contributed by atoms with Crippen molar-refractivity contribution in [1.29, 1.82) is 0 Å². The Morgan fingerprint density at radius 3 is 1.40 bits per heavy atom. The van der Waals surface area contributed by atoms with Gasteiger partial charge < -0.3 is 9.47 Å². The Hall–Kier alpha value is -6.38. The van der Waals surface area contributed by atoms with Gasteiger partial charge in [0.05, 0.1) is 11.0 Å². The number of nitrogens with zero attached hydrogens (tertiary/aromatic N) is 2. The maximum absolute atomic E-state index is 2.37. The number of para-hydroxylation sites is 2. The van der Waals surface area contributed by atoms with Crippen molar-refractivity contribution < 1.29 is 0 Å². The fourth-order valence-electron chi connectivity index (χ4n) is 7.10. The molecule has 0 amide bonds. The highest BCUT2D eigenvalue weighted by Gasteiger charge is 2.16. The second-order valence-electron chi connectivity index (χ2n) is 12.2. The predicted molar refractivity (Wildman–Crippen MR) is 204 cm³/mol. The fourth-order valence-corrected chi connectivity index (χ4v) is 7.10. The summed E-state index contributed by atoms with van der Waals surface area (Å²) in [5, 5.41) is 5.05. The van der Waals surface area contributed by atoms with E-state index in [1.165, 1.54) is 54.8 Å². The van der Waals surface area contributed by atoms with Crippen molar-refractivity contribution in [2.24, 2.45) is 0 Å². The molecule has 0 atom stereocenters. The van der Waals surface area contributed by atoms with Gasteiger partial charge in [-0.1, -0.05) is 133 Å². The van der Waals surface area contributed by atoms with Crippen LogP contribution in [0.5, 0.6) is 0 Å². The van der Waals surface area contributed by atoms with E-state index in [-0.39, 0.29) is 0 Å². The first kappa shape index (κ1) is 27.9. The zero-order valence-corrected chi connectivity index (χ0v) is 26.4. The summed E-state index contributed by atoms with van der Waals surface area (Å²) in [6.07, 6.45) is 0. The third-order valence-corrected chi connectivity index (χ3v) is 9.40. The van der Waals surface area contributed by atoms with Crippen LogP contribution >= 0.6 is 0 Å². The van der Waals surface area contributed by atoms with Gasteiger partial charge in [0.15, 0.2) is 0 Å². The van der Waals surface area contributed by atoms with Gasteiger partial charge in [-0.3, -0.25) is 0 Å². The van der Waals surface area contributed by atoms with E-state index in [4.69, 9.17) is 0 Å². The number of hydrogen-bond acceptors (Lipinski definition) is 1. The zero-order chi connectivity index (χ0) is 31.9. The molecule has 0 saturated carbocycles. The van der Waals surface area contributed by atoms with Gasteiger partial charge in [0, 0.05) is 33.5 Å². The van der Waals surface area contributed by atoms with Gasteiger partial charge in [-0.2, -0.15) is 0 Å². The van der Waals surface area contributed by atoms with E-state index in [0.717, 1.165) is 22.7 Å². The van der Waals surface area contributed by atoms with E-state index >= 15 is 0 Å². The summed E-state index contributed by atoms with van der Waals surface area (Å²) >= 11 is 0. The molecule has 0 N–H and O–H groups in total. The summed E-state index contributed by atoms with van der Waals surface area (Å²) in [5.41, 5.74) is 11.7. The lowest BCUT2D eigenvalue weighted by molar-refractivity contribution is 1.17. The number of hydrogen-bond donors (Lipinski definition) is 0. The molecule has 0 aliphatic heterocycles. The fraction of sp³-hybridized carbons (Fsp3) is 0. The number of anilines is 3. The van der Waals surface area contributed by atoms with Gasteiger partial charge >= 0.3 is 0 Å². The molecule has 1 heterocycles. The summed E-state index contributed by atoms with van der Waals surface area (Å²) in [6, 6.07) is 69.8. The van der Waals surface area contributed by atoms with Crippen molar-refractivity contribution in [3.63, 3.8) is 0 Å². The first-order valence-corrected chi connectivity index (χ1v) is 16.4. The standard InChI is InChI=1S/C46H32N2/c1-2-11-33(12-3-1)34-21-25-37(26-22-34)47(38-27-23-36(24-28-38)42-18-10-14-35-13-4-5-15-41(35)42)39-29-31-40(32-30-39)48-45-19-8-6-16-43(45)44-17-7-9-20-46(44)48/h1-32H. The molecule has 8 aromatic carbocycles. The average Bonchev–Trinajstić information content (AvgIpc) is 3.50. The van der Waals surface area contributed by atoms with Crippen LogP contribution in [0, 0.1) is 0 Å². The first-order valence-electron chi connectivity index (χ1n) is 16.4. The highest BCUT2D eigenvalue weighted by Crippen LogP contribution is 2.39. The van der Waals surface area contributed by atoms with Crippen LogP contribution in [-0.2, 0) is 0 Å². The van der Waals surface area contributed by atoms with Crippen LogP contribution in [0.1, 0.15) is 0 Å². The Morgan fingerprint density at radius 1 is 0.312 bits per heavy atom. The van der Waals surface area contributed by atoms with Crippen LogP contribution in [0.2, 0.25) is 0 Å². The maximum atomic E-state index is 2.37. The summed E-state index contributed by atoms with van der Waals surface area (Å²) in [6.45, 7) is 0. The minimum Gasteiger partial charge on any atom is -0.311 e. The topological polar surface area (TPSA) is 8.17 Å². The molecule has 0 saturated heterocycles. The predicted octanol–water partition coefficient (Wildman–Crippen LogP) is 12.7. The minimum atomic E-state index is 1.10. The molecular formula is C46H32N2. The van der Waals surface area contributed by atoms with Gasteiger partial charge in [0.1, 0.15) is 0 Å². The zero-order valence-electron chi connectivity index (χ0n) is 26.4. The molecule has 0 unspecified atom stereocenters. The Kier molecular flexibility index (Phi) is 6.84. The summed E-state index contributed by atoms with van der Waals surface area (Å²) in [5.74, 6) is 0. The molecule has 2 heteroatoms. The lowest BCUT2D eigenvalue weighted by atomic mass is 9.98. The normalized spacial score (nSPS) is 11.3. The molecule has 48 heavy (non-hydrogen) atoms. The second-order valence-corrected chi connectivity index (χ2v) is 12.2. The van der Waals surface area contributed by atoms with Gasteiger partial charge in [0.2, 0.25) is 0 Å². The molecule has 0 bridgehead atoms. The minimum absolute atomic E-state index is 1.10. The largest absolute Gasteiger partial charge is 0.311 e. The van der Waals surface area contributed by atoms with E-state index in [2.05, 4.69) is 204 Å². The van der Waals surface area contributed by atoms with Gasteiger partial charge in [-0.15, -0.1) is 0 Å². The van der Waals surface area contributed by atoms with Crippen LogP contribution in [0.4, 0.5) is 17.1 Å². The first-order chi connectivity index (χ1) is 23.8. The summed E-state index contributed by atoms with van der Waals surface area (Å²) in [4.78, 5) is 2.34. The third-order valence-electron chi connectivity index (χ3n) is 9.40. The molecule has 0 fully saturated rings. The molecule has 1 aromatic heterocycles. The quantitative estimate of drug-likeness (QED) is 0.181. The van der Waals surface area contributed by atoms with E-state index in [9.17, 15) is 0 Å². The monoisotopic (exact) mass is 612 g/mol. The highest BCUT2D eigenvalue weighted by molar-refractivity contribution is 6.09. The molecule has 226 valence electrons. The number of benzene rings is 8. The Bertz CT molecular complexity index is 2470. The number of rotatable bonds is 6. The molecule has 2 nitrogen and oxygen atoms in total. The lowest BCUT2D eigenvalue weighted by Crippen LogP contribution is -2.10. The van der Waals surface area contributed by atoms with Gasteiger partial charge in [0.25, 0.3) is 0 Å². The van der Waals surface area contributed by atoms with Crippen molar-refractivity contribution in [2.75, 3.05) is 4.90 Å². The van der Waals surface area contributed by atoms with Crippen molar-refractivity contribution in [3.8, 4) is 27.9 Å². The van der Waals surface area contributed by atoms with Crippen molar-refractivity contribution in [2.45, 2.75) is 0 Å². The average molecular weight is 613 g/mol. The summed E-state index contributed by atoms with van der Waals surface area (Å²) in [7, 11) is 0. The lowest BCUT2D eigenvalue weighted by Gasteiger charge is -2.26. The van der Waals surface area contributed by atoms with Crippen LogP contribution in [-0.4, -0.2) is 4.57 Å². The molecule has 0 spiro atoms. The van der Waals surface area contributed by atoms with Crippen LogP contribution < -0.4 is 4.90 Å². The Labute approximate surface area is 280 Å². The SMILES string of the molecule is c1ccc(-c2ccc(N(c3ccc(-c4cccc5ccccc45)cc3)c3ccc(-n4c5ccccc5c5ccccc54)cc3)cc2)cc1. The summed E-state index contributed by atoms with van der Waals surface area (Å²) < 4.78 is 2.37. The van der Waals surface area contributed by atoms with Crippen LogP contribution in [0.25, 0.3) is 60.5 Å². The van der Waals surface area contributed by atoms with Crippen LogP contribution in [0.15, 0.2) is 194 Å². The molecule has 9 aromatic rings. The highest BCUT2D eigenvalue weighted by atomic mass is 15.1. The van der Waals surface area contributed by atoms with Gasteiger partial charge in [-0.05, 0) is 93.7 Å². The van der Waals surface area contributed by atoms with Crippen LogP contribution in [0.3, 0.4) is 0 Å². The van der Waals surface area contributed by atoms with Gasteiger partial charge in [-0.25, -0.2) is 0 Å². The molecule has 0 aliphatic carbocycles. The number of fused-ring (bicyclic) bond motifs is 4. The Balaban J connectivity index is 1.14. The molecular weight excluding hydrogens is 581 g/mol. The van der Waals surface area contributed by atoms with E-state index < -0.39 is 0 Å². The van der Waals surface area contributed by atoms with E-state index in [1.54, 1.807) is 0 Å². The second kappa shape index (κ2) is 11.8. The smallest absolute Gasteiger partial charge is 0.0541 e. The third kappa shape index (κ3) is 4.83. The Morgan fingerprint density at radius 2 is 0.771 bits per heavy atom. The van der Waals surface area contributed by atoms with Crippen molar-refractivity contribution in [3.05, 3.63) is 194 Å². The number of aromatic nitrogens is 1. The van der Waals surface area contributed by atoms with E-state index in [1.807, 2.05) is 0 Å². The molecule has 0 radical (unpaired) electrons. The van der Waals surface area contributed by atoms with E-state index in [0.29, 0.717) is 0 Å².